The first-order valence-corrected chi connectivity index (χ1v) is 12.6. The largest absolute Gasteiger partial charge is 0.492 e. The van der Waals surface area contributed by atoms with Crippen molar-refractivity contribution in [3.05, 3.63) is 61.2 Å². The van der Waals surface area contributed by atoms with Gasteiger partial charge in [0.15, 0.2) is 0 Å². The van der Waals surface area contributed by atoms with Gasteiger partial charge in [0.05, 0.1) is 29.8 Å². The third-order valence-corrected chi connectivity index (χ3v) is 7.53. The summed E-state index contributed by atoms with van der Waals surface area (Å²) in [4.78, 5) is 16.4. The van der Waals surface area contributed by atoms with E-state index >= 15 is 0 Å². The van der Waals surface area contributed by atoms with Gasteiger partial charge in [-0.1, -0.05) is 18.6 Å². The van der Waals surface area contributed by atoms with Crippen LogP contribution in [0.15, 0.2) is 61.2 Å². The SMILES string of the molecule is Nc1c(-c2ccc(NC(=O)C3CCC3)cc2)n(C2CCC2)c2cc(OCCn3ccnc3)ccc12. The van der Waals surface area contributed by atoms with Gasteiger partial charge in [0, 0.05) is 47.1 Å². The number of nitrogens with one attached hydrogen (secondary N) is 1. The number of rotatable bonds is 8. The van der Waals surface area contributed by atoms with Gasteiger partial charge < -0.3 is 24.9 Å². The maximum Gasteiger partial charge on any atom is 0.227 e. The van der Waals surface area contributed by atoms with Crippen molar-refractivity contribution in [1.29, 1.82) is 0 Å². The van der Waals surface area contributed by atoms with Crippen LogP contribution in [-0.2, 0) is 11.3 Å². The number of hydrogen-bond donors (Lipinski definition) is 2. The average molecular weight is 470 g/mol. The van der Waals surface area contributed by atoms with E-state index in [0.29, 0.717) is 12.6 Å². The molecular formula is C28H31N5O2. The molecule has 0 spiro atoms. The molecule has 7 nitrogen and oxygen atoms in total. The van der Waals surface area contributed by atoms with Gasteiger partial charge in [0.2, 0.25) is 5.91 Å². The number of amides is 1. The summed E-state index contributed by atoms with van der Waals surface area (Å²) in [5, 5.41) is 4.11. The fourth-order valence-corrected chi connectivity index (χ4v) is 5.04. The summed E-state index contributed by atoms with van der Waals surface area (Å²) < 4.78 is 10.5. The lowest BCUT2D eigenvalue weighted by Gasteiger charge is -2.30. The number of hydrogen-bond acceptors (Lipinski definition) is 4. The Morgan fingerprint density at radius 3 is 2.54 bits per heavy atom. The topological polar surface area (TPSA) is 87.1 Å². The van der Waals surface area contributed by atoms with Gasteiger partial charge in [-0.3, -0.25) is 4.79 Å². The molecule has 0 atom stereocenters. The molecule has 35 heavy (non-hydrogen) atoms. The van der Waals surface area contributed by atoms with Crippen LogP contribution in [0.3, 0.4) is 0 Å². The Hall–Kier alpha value is -3.74. The van der Waals surface area contributed by atoms with E-state index in [0.717, 1.165) is 77.9 Å². The molecule has 2 fully saturated rings. The third-order valence-electron chi connectivity index (χ3n) is 7.53. The summed E-state index contributed by atoms with van der Waals surface area (Å²) in [5.74, 6) is 1.15. The van der Waals surface area contributed by atoms with Crippen LogP contribution < -0.4 is 15.8 Å². The Kier molecular flexibility index (Phi) is 5.68. The molecule has 0 saturated heterocycles. The quantitative estimate of drug-likeness (QED) is 0.350. The third kappa shape index (κ3) is 4.16. The normalized spacial score (nSPS) is 16.1. The van der Waals surface area contributed by atoms with Crippen LogP contribution >= 0.6 is 0 Å². The zero-order valence-corrected chi connectivity index (χ0v) is 19.8. The van der Waals surface area contributed by atoms with Crippen LogP contribution in [0.2, 0.25) is 0 Å². The van der Waals surface area contributed by atoms with E-state index in [1.54, 1.807) is 12.5 Å². The van der Waals surface area contributed by atoms with Crippen LogP contribution in [-0.4, -0.2) is 26.6 Å². The minimum atomic E-state index is 0.132. The van der Waals surface area contributed by atoms with Crippen LogP contribution in [0.1, 0.15) is 44.6 Å². The Morgan fingerprint density at radius 1 is 1.09 bits per heavy atom. The van der Waals surface area contributed by atoms with Gasteiger partial charge in [-0.05, 0) is 56.4 Å². The number of nitrogens with two attached hydrogens (primary N) is 1. The standard InChI is InChI=1S/C28H31N5O2/c29-26-24-12-11-23(35-16-15-32-14-13-30-18-32)17-25(24)33(22-5-2-6-22)27(26)19-7-9-21(10-8-19)31-28(34)20-3-1-4-20/h7-14,17-18,20,22H,1-6,15-16,29H2,(H,31,34). The number of imidazole rings is 1. The van der Waals surface area contributed by atoms with Crippen molar-refractivity contribution in [1.82, 2.24) is 14.1 Å². The molecule has 0 aliphatic heterocycles. The highest BCUT2D eigenvalue weighted by atomic mass is 16.5. The fourth-order valence-electron chi connectivity index (χ4n) is 5.04. The monoisotopic (exact) mass is 469 g/mol. The van der Waals surface area contributed by atoms with Crippen LogP contribution in [0.25, 0.3) is 22.2 Å². The average Bonchev–Trinajstić information content (AvgIpc) is 3.39. The first kappa shape index (κ1) is 21.8. The van der Waals surface area contributed by atoms with Gasteiger partial charge in [-0.25, -0.2) is 4.98 Å². The van der Waals surface area contributed by atoms with Crippen molar-refractivity contribution in [3.63, 3.8) is 0 Å². The van der Waals surface area contributed by atoms with E-state index < -0.39 is 0 Å². The number of nitrogen functional groups attached to an aromatic ring is 1. The zero-order valence-electron chi connectivity index (χ0n) is 19.8. The summed E-state index contributed by atoms with van der Waals surface area (Å²) in [6.07, 6.45) is 12.2. The molecule has 0 radical (unpaired) electrons. The molecule has 2 aromatic carbocycles. The number of ether oxygens (including phenoxy) is 1. The number of fused-ring (bicyclic) bond motifs is 1. The second kappa shape index (κ2) is 9.13. The van der Waals surface area contributed by atoms with Gasteiger partial charge in [0.25, 0.3) is 0 Å². The lowest BCUT2D eigenvalue weighted by molar-refractivity contribution is -0.122. The van der Waals surface area contributed by atoms with Gasteiger partial charge in [0.1, 0.15) is 12.4 Å². The van der Waals surface area contributed by atoms with Crippen molar-refractivity contribution in [3.8, 4) is 17.0 Å². The number of aromatic nitrogens is 3. The van der Waals surface area contributed by atoms with Crippen molar-refractivity contribution in [2.24, 2.45) is 5.92 Å². The summed E-state index contributed by atoms with van der Waals surface area (Å²) in [6.45, 7) is 1.32. The van der Waals surface area contributed by atoms with E-state index in [2.05, 4.69) is 39.1 Å². The van der Waals surface area contributed by atoms with E-state index in [1.165, 1.54) is 6.42 Å². The molecule has 3 N–H and O–H groups in total. The van der Waals surface area contributed by atoms with Crippen molar-refractivity contribution >= 4 is 28.2 Å². The van der Waals surface area contributed by atoms with Crippen LogP contribution in [0, 0.1) is 5.92 Å². The molecule has 2 saturated carbocycles. The zero-order chi connectivity index (χ0) is 23.8. The maximum absolute atomic E-state index is 12.3. The summed E-state index contributed by atoms with van der Waals surface area (Å²) in [7, 11) is 0. The summed E-state index contributed by atoms with van der Waals surface area (Å²) in [6, 6.07) is 14.7. The highest BCUT2D eigenvalue weighted by Gasteiger charge is 2.28. The Bertz CT molecular complexity index is 1330. The second-order valence-electron chi connectivity index (χ2n) is 9.74. The molecule has 2 heterocycles. The molecule has 0 unspecified atom stereocenters. The molecule has 180 valence electrons. The van der Waals surface area contributed by atoms with Crippen molar-refractivity contribution < 1.29 is 9.53 Å². The molecule has 0 bridgehead atoms. The number of anilines is 2. The highest BCUT2D eigenvalue weighted by molar-refractivity contribution is 6.02. The number of carbonyl (C=O) groups is 1. The van der Waals surface area contributed by atoms with E-state index in [-0.39, 0.29) is 11.8 Å². The molecule has 2 aliphatic rings. The molecule has 2 aliphatic carbocycles. The number of nitrogens with zero attached hydrogens (tertiary/aromatic N) is 3. The smallest absolute Gasteiger partial charge is 0.227 e. The maximum atomic E-state index is 12.3. The lowest BCUT2D eigenvalue weighted by Crippen LogP contribution is -2.27. The van der Waals surface area contributed by atoms with Crippen molar-refractivity contribution in [2.75, 3.05) is 17.7 Å². The molecule has 2 aromatic heterocycles. The van der Waals surface area contributed by atoms with Crippen molar-refractivity contribution in [2.45, 2.75) is 51.1 Å². The van der Waals surface area contributed by atoms with E-state index in [9.17, 15) is 4.79 Å². The summed E-state index contributed by atoms with van der Waals surface area (Å²) >= 11 is 0. The number of carbonyl (C=O) groups excluding carboxylic acids is 1. The molecule has 4 aromatic rings. The predicted molar refractivity (Wildman–Crippen MR) is 138 cm³/mol. The van der Waals surface area contributed by atoms with Gasteiger partial charge in [-0.2, -0.15) is 0 Å². The first-order valence-electron chi connectivity index (χ1n) is 12.6. The molecular weight excluding hydrogens is 438 g/mol. The van der Waals surface area contributed by atoms with E-state index in [1.807, 2.05) is 29.0 Å². The minimum Gasteiger partial charge on any atom is -0.492 e. The van der Waals surface area contributed by atoms with Crippen LogP contribution in [0.4, 0.5) is 11.4 Å². The lowest BCUT2D eigenvalue weighted by atomic mass is 9.85. The Labute approximate surface area is 204 Å². The second-order valence-corrected chi connectivity index (χ2v) is 9.74. The van der Waals surface area contributed by atoms with Crippen LogP contribution in [0.5, 0.6) is 5.75 Å². The van der Waals surface area contributed by atoms with E-state index in [4.69, 9.17) is 10.5 Å². The number of benzene rings is 2. The molecule has 6 rings (SSSR count). The van der Waals surface area contributed by atoms with Gasteiger partial charge in [-0.15, -0.1) is 0 Å². The molecule has 7 heteroatoms. The Morgan fingerprint density at radius 2 is 1.89 bits per heavy atom. The summed E-state index contributed by atoms with van der Waals surface area (Å²) in [5.41, 5.74) is 11.6. The fraction of sp³-hybridized carbons (Fsp3) is 0.357. The van der Waals surface area contributed by atoms with Gasteiger partial charge >= 0.3 is 0 Å². The predicted octanol–water partition coefficient (Wildman–Crippen LogP) is 5.63. The minimum absolute atomic E-state index is 0.132. The Balaban J connectivity index is 1.29. The highest BCUT2D eigenvalue weighted by Crippen LogP contribution is 2.45. The molecule has 1 amide bonds. The first-order chi connectivity index (χ1) is 17.2.